The fourth-order valence-corrected chi connectivity index (χ4v) is 9.97. The average Bonchev–Trinajstić information content (AvgIpc) is 3.81. The number of unbranched alkanes of at least 4 members (excludes halogenated alkanes) is 11. The molecule has 0 spiro atoms. The molecule has 28 heteroatoms. The average molecular weight is 1030 g/mol. The number of fused-ring (bicyclic) bond motifs is 1. The Morgan fingerprint density at radius 3 is 2.22 bits per heavy atom. The summed E-state index contributed by atoms with van der Waals surface area (Å²) in [5.74, 6) is -1.14. The quantitative estimate of drug-likeness (QED) is 0.0206. The molecule has 3 rings (SSSR count). The summed E-state index contributed by atoms with van der Waals surface area (Å²) in [6, 6.07) is 0. The van der Waals surface area contributed by atoms with Gasteiger partial charge in [0.2, 0.25) is 16.9 Å². The number of nitrogen functional groups attached to an aromatic ring is 1. The highest BCUT2D eigenvalue weighted by Gasteiger charge is 2.50. The van der Waals surface area contributed by atoms with Crippen LogP contribution in [-0.2, 0) is 50.7 Å². The first-order valence-electron chi connectivity index (χ1n) is 21.9. The molecule has 2 aromatic rings. The molecular weight excluding hydrogens is 963 g/mol. The third-order valence-electron chi connectivity index (χ3n) is 10.2. The fourth-order valence-electron chi connectivity index (χ4n) is 6.57. The minimum atomic E-state index is -5.58. The highest BCUT2D eigenvalue weighted by molar-refractivity contribution is 8.14. The summed E-state index contributed by atoms with van der Waals surface area (Å²) in [5.41, 5.74) is 4.27. The molecule has 10 N–H and O–H groups in total. The molecule has 1 aliphatic heterocycles. The molecule has 0 bridgehead atoms. The number of carbonyl (C=O) groups is 3. The largest absolute Gasteiger partial charge is 0.481 e. The van der Waals surface area contributed by atoms with Crippen molar-refractivity contribution in [1.29, 1.82) is 0 Å². The van der Waals surface area contributed by atoms with Crippen LogP contribution in [0.25, 0.3) is 11.2 Å². The number of thioether (sulfide) groups is 1. The van der Waals surface area contributed by atoms with Gasteiger partial charge in [0.25, 0.3) is 0 Å². The topological polar surface area (TPSA) is 364 Å². The summed E-state index contributed by atoms with van der Waals surface area (Å²) in [5, 5.41) is 26.4. The molecule has 380 valence electrons. The zero-order valence-corrected chi connectivity index (χ0v) is 41.4. The monoisotopic (exact) mass is 1030 g/mol. The van der Waals surface area contributed by atoms with Gasteiger partial charge in [-0.3, -0.25) is 32.5 Å². The number of aromatic nitrogens is 4. The molecule has 2 unspecified atom stereocenters. The maximum absolute atomic E-state index is 12.7. The van der Waals surface area contributed by atoms with Crippen LogP contribution < -0.4 is 16.4 Å². The van der Waals surface area contributed by atoms with E-state index in [2.05, 4.69) is 41.3 Å². The van der Waals surface area contributed by atoms with Gasteiger partial charge >= 0.3 is 23.5 Å². The zero-order chi connectivity index (χ0) is 49.7. The molecule has 24 nitrogen and oxygen atoms in total. The van der Waals surface area contributed by atoms with Crippen molar-refractivity contribution in [2.75, 3.05) is 37.8 Å². The third kappa shape index (κ3) is 21.7. The summed E-state index contributed by atoms with van der Waals surface area (Å²) < 4.78 is 62.4. The van der Waals surface area contributed by atoms with Crippen molar-refractivity contribution >= 4 is 69.1 Å². The van der Waals surface area contributed by atoms with Crippen LogP contribution in [0.1, 0.15) is 110 Å². The van der Waals surface area contributed by atoms with Crippen molar-refractivity contribution in [3.8, 4) is 0 Å². The van der Waals surface area contributed by atoms with E-state index in [4.69, 9.17) is 19.5 Å². The van der Waals surface area contributed by atoms with Crippen LogP contribution in [0.5, 0.6) is 0 Å². The van der Waals surface area contributed by atoms with Gasteiger partial charge in [0, 0.05) is 30.7 Å². The van der Waals surface area contributed by atoms with Crippen LogP contribution in [0.15, 0.2) is 37.0 Å². The molecular formula is C39H66N7O17P3S. The van der Waals surface area contributed by atoms with Crippen molar-refractivity contribution in [2.45, 2.75) is 135 Å². The van der Waals surface area contributed by atoms with E-state index in [0.29, 0.717) is 5.75 Å². The molecule has 0 radical (unpaired) electrons. The lowest BCUT2D eigenvalue weighted by molar-refractivity contribution is -0.137. The lowest BCUT2D eigenvalue weighted by Crippen LogP contribution is -2.46. The van der Waals surface area contributed by atoms with Gasteiger partial charge in [-0.1, -0.05) is 115 Å². The molecule has 0 saturated carbocycles. The smallest absolute Gasteiger partial charge is 0.386 e. The van der Waals surface area contributed by atoms with Gasteiger partial charge in [-0.25, -0.2) is 28.6 Å². The Morgan fingerprint density at radius 1 is 0.925 bits per heavy atom. The summed E-state index contributed by atoms with van der Waals surface area (Å²) in [6.07, 6.45) is 15.2. The first-order chi connectivity index (χ1) is 31.6. The van der Waals surface area contributed by atoms with E-state index < -0.39 is 84.6 Å². The van der Waals surface area contributed by atoms with E-state index in [-0.39, 0.29) is 41.6 Å². The van der Waals surface area contributed by atoms with Crippen molar-refractivity contribution in [2.24, 2.45) is 5.41 Å². The number of nitrogens with two attached hydrogens (primary N) is 1. The maximum Gasteiger partial charge on any atom is 0.481 e. The van der Waals surface area contributed by atoms with E-state index in [1.165, 1.54) is 84.1 Å². The number of phosphoric ester groups is 3. The zero-order valence-electron chi connectivity index (χ0n) is 37.9. The minimum Gasteiger partial charge on any atom is -0.386 e. The summed E-state index contributed by atoms with van der Waals surface area (Å²) in [6.45, 7) is 2.71. The lowest BCUT2D eigenvalue weighted by Gasteiger charge is -2.30. The van der Waals surface area contributed by atoms with E-state index in [1.54, 1.807) is 6.08 Å². The van der Waals surface area contributed by atoms with Crippen molar-refractivity contribution in [1.82, 2.24) is 30.2 Å². The van der Waals surface area contributed by atoms with Crippen molar-refractivity contribution < 1.29 is 80.5 Å². The number of ether oxygens (including phenoxy) is 1. The number of nitrogens with zero attached hydrogens (tertiary/aromatic N) is 4. The number of hydrogen-bond donors (Lipinski definition) is 9. The predicted octanol–water partition coefficient (Wildman–Crippen LogP) is 4.48. The van der Waals surface area contributed by atoms with Crippen LogP contribution in [0, 0.1) is 5.41 Å². The number of rotatable bonds is 33. The Hall–Kier alpha value is -2.96. The van der Waals surface area contributed by atoms with Gasteiger partial charge in [-0.15, -0.1) is 0 Å². The Bertz CT molecular complexity index is 2090. The number of imidazole rings is 1. The summed E-state index contributed by atoms with van der Waals surface area (Å²) in [7, 11) is -16.4. The van der Waals surface area contributed by atoms with Crippen molar-refractivity contribution in [3.63, 3.8) is 0 Å². The second-order valence-electron chi connectivity index (χ2n) is 16.3. The van der Waals surface area contributed by atoms with E-state index in [9.17, 15) is 57.9 Å². The van der Waals surface area contributed by atoms with Crippen LogP contribution in [0.3, 0.4) is 0 Å². The molecule has 2 aromatic heterocycles. The van der Waals surface area contributed by atoms with Gasteiger partial charge in [0.15, 0.2) is 17.7 Å². The van der Waals surface area contributed by atoms with Crippen LogP contribution in [0.2, 0.25) is 0 Å². The number of phosphoric acid groups is 3. The van der Waals surface area contributed by atoms with Gasteiger partial charge in [0.1, 0.15) is 36.3 Å². The normalized spacial score (nSPS) is 20.3. The van der Waals surface area contributed by atoms with E-state index >= 15 is 0 Å². The number of aliphatic hydroxyl groups excluding tert-OH is 2. The van der Waals surface area contributed by atoms with Crippen LogP contribution >= 0.6 is 35.2 Å². The van der Waals surface area contributed by atoms with Gasteiger partial charge < -0.3 is 50.9 Å². The fraction of sp³-hybridized carbons (Fsp3) is 0.692. The number of nitrogens with one attached hydrogen (secondary N) is 2. The Kier molecular flexibility index (Phi) is 24.9. The number of hydrogen-bond acceptors (Lipinski definition) is 18. The number of amides is 2. The maximum atomic E-state index is 12.7. The van der Waals surface area contributed by atoms with Gasteiger partial charge in [0.05, 0.1) is 19.5 Å². The van der Waals surface area contributed by atoms with Gasteiger partial charge in [-0.2, -0.15) is 4.31 Å². The predicted molar refractivity (Wildman–Crippen MR) is 246 cm³/mol. The summed E-state index contributed by atoms with van der Waals surface area (Å²) >= 11 is 1.04. The Morgan fingerprint density at radius 2 is 1.57 bits per heavy atom. The highest BCUT2D eigenvalue weighted by atomic mass is 32.2. The minimum absolute atomic E-state index is 0.0311. The first-order valence-corrected chi connectivity index (χ1v) is 27.5. The second kappa shape index (κ2) is 28.6. The molecule has 7 atom stereocenters. The number of allylic oxidation sites excluding steroid dienone is 3. The molecule has 1 fully saturated rings. The molecule has 1 aliphatic rings. The third-order valence-corrected chi connectivity index (χ3v) is 14.1. The Labute approximate surface area is 393 Å². The number of anilines is 1. The lowest BCUT2D eigenvalue weighted by atomic mass is 9.87. The molecule has 0 aromatic carbocycles. The molecule has 67 heavy (non-hydrogen) atoms. The molecule has 0 aliphatic carbocycles. The van der Waals surface area contributed by atoms with Gasteiger partial charge in [-0.05, 0) is 18.9 Å². The molecule has 2 amide bonds. The number of aliphatic hydroxyl groups is 2. The van der Waals surface area contributed by atoms with E-state index in [1.807, 2.05) is 12.2 Å². The van der Waals surface area contributed by atoms with Crippen LogP contribution in [0.4, 0.5) is 5.82 Å². The molecule has 1 saturated heterocycles. The molecule has 3 heterocycles. The van der Waals surface area contributed by atoms with Crippen molar-refractivity contribution in [3.05, 3.63) is 37.0 Å². The van der Waals surface area contributed by atoms with E-state index in [0.717, 1.165) is 41.8 Å². The Balaban J connectivity index is 1.32. The number of carbonyl (C=O) groups excluding carboxylic acids is 3. The summed E-state index contributed by atoms with van der Waals surface area (Å²) in [4.78, 5) is 88.2. The first kappa shape index (κ1) is 58.4. The second-order valence-corrected chi connectivity index (χ2v) is 21.7. The SMILES string of the molecule is CCCCCCCCCCCCCC=CC=CC(=O)SCCNC(=O)CCNC(=O)[C@H](O)C(C)(C)COP(=O)(O)OP(=O)(O)OC[C@H]1O[C@@H](n2cnc3c(N)ncnc32)[C@H](O)[C@@H]1OP(=O)(O)O. The van der Waals surface area contributed by atoms with Crippen LogP contribution in [-0.4, -0.2) is 123 Å². The highest BCUT2D eigenvalue weighted by Crippen LogP contribution is 2.61. The standard InChI is InChI=1S/C39H66N7O17P3S/c1-4-5-6-7-8-9-10-11-12-13-14-15-16-17-18-19-30(48)67-23-22-41-29(47)20-21-42-37(51)34(50)39(2,3)25-60-66(57,58)63-65(55,56)59-24-28-33(62-64(52,53)54)32(49)38(61-28)46-27-45-31-35(40)43-26-44-36(31)46/h16-19,26-28,32-34,38,49-50H,4-15,20-25H2,1-3H3,(H,41,47)(H,42,51)(H,55,56)(H,57,58)(H2,40,43,44)(H2,52,53,54)/t28-,32-,33-,34+,38-/m1/s1.